The minimum absolute atomic E-state index is 0.0362. The second-order valence-electron chi connectivity index (χ2n) is 10.7. The number of anilines is 1. The summed E-state index contributed by atoms with van der Waals surface area (Å²) in [7, 11) is 0. The van der Waals surface area contributed by atoms with Gasteiger partial charge in [-0.1, -0.05) is 74.0 Å². The summed E-state index contributed by atoms with van der Waals surface area (Å²) < 4.78 is 0. The molecule has 5 rings (SSSR count). The number of aliphatic hydroxyl groups is 1. The summed E-state index contributed by atoms with van der Waals surface area (Å²) in [5.41, 5.74) is 5.22. The van der Waals surface area contributed by atoms with Crippen LogP contribution in [0.3, 0.4) is 0 Å². The fourth-order valence-corrected chi connectivity index (χ4v) is 5.88. The summed E-state index contributed by atoms with van der Waals surface area (Å²) in [5, 5.41) is 21.3. The van der Waals surface area contributed by atoms with E-state index < -0.39 is 5.92 Å². The monoisotopic (exact) mass is 508 g/mol. The highest BCUT2D eigenvalue weighted by Gasteiger charge is 2.46. The first-order chi connectivity index (χ1) is 17.7. The molecule has 1 heterocycles. The fourth-order valence-electron chi connectivity index (χ4n) is 5.47. The lowest BCUT2D eigenvalue weighted by Crippen LogP contribution is -2.45. The number of hydrogen-bond donors (Lipinski definition) is 2. The number of para-hydroxylation sites is 1. The van der Waals surface area contributed by atoms with Crippen molar-refractivity contribution in [2.75, 3.05) is 11.2 Å². The Kier molecular flexibility index (Phi) is 6.59. The number of aryl methyl sites for hydroxylation is 1. The van der Waals surface area contributed by atoms with E-state index in [0.717, 1.165) is 27.4 Å². The first kappa shape index (κ1) is 25.1. The molecule has 0 spiro atoms. The van der Waals surface area contributed by atoms with Gasteiger partial charge in [-0.05, 0) is 54.8 Å². The molecule has 3 aromatic carbocycles. The number of carbonyl (C=O) groups excluding carboxylic acids is 1. The van der Waals surface area contributed by atoms with Crippen LogP contribution in [0.1, 0.15) is 49.3 Å². The van der Waals surface area contributed by atoms with Gasteiger partial charge in [-0.3, -0.25) is 15.1 Å². The lowest BCUT2D eigenvalue weighted by molar-refractivity contribution is -0.118. The van der Waals surface area contributed by atoms with Crippen LogP contribution in [-0.4, -0.2) is 23.0 Å². The van der Waals surface area contributed by atoms with Gasteiger partial charge < -0.3 is 5.11 Å². The summed E-state index contributed by atoms with van der Waals surface area (Å²) in [6, 6.07) is 25.6. The Morgan fingerprint density at radius 3 is 2.24 bits per heavy atom. The first-order valence-corrected chi connectivity index (χ1v) is 13.8. The molecule has 2 N–H and O–H groups in total. The molecular formula is C32H32N2O2S. The molecule has 188 valence electrons. The lowest BCUT2D eigenvalue weighted by Gasteiger charge is -2.45. The summed E-state index contributed by atoms with van der Waals surface area (Å²) in [6.07, 6.45) is 3.13. The van der Waals surface area contributed by atoms with Crippen molar-refractivity contribution in [1.82, 2.24) is 0 Å². The lowest BCUT2D eigenvalue weighted by atomic mass is 9.67. The third-order valence-corrected chi connectivity index (χ3v) is 8.01. The zero-order valence-electron chi connectivity index (χ0n) is 21.7. The molecule has 0 amide bonds. The second kappa shape index (κ2) is 9.71. The van der Waals surface area contributed by atoms with Crippen LogP contribution >= 0.6 is 11.8 Å². The van der Waals surface area contributed by atoms with E-state index in [0.29, 0.717) is 29.6 Å². The number of thioether (sulfide) groups is 1. The molecule has 1 aliphatic heterocycles. The van der Waals surface area contributed by atoms with Crippen molar-refractivity contribution in [2.45, 2.75) is 44.4 Å². The van der Waals surface area contributed by atoms with Crippen LogP contribution in [0.2, 0.25) is 0 Å². The molecule has 2 aliphatic rings. The smallest absolute Gasteiger partial charge is 0.162 e. The van der Waals surface area contributed by atoms with Crippen molar-refractivity contribution in [3.63, 3.8) is 0 Å². The molecule has 37 heavy (non-hydrogen) atoms. The van der Waals surface area contributed by atoms with Crippen molar-refractivity contribution < 1.29 is 9.90 Å². The first-order valence-electron chi connectivity index (χ1n) is 12.5. The van der Waals surface area contributed by atoms with E-state index in [-0.39, 0.29) is 22.8 Å². The number of nitrogens with one attached hydrogen (secondary N) is 1. The average Bonchev–Trinajstić information content (AvgIpc) is 2.88. The van der Waals surface area contributed by atoms with Crippen LogP contribution in [-0.2, 0) is 4.79 Å². The molecular weight excluding hydrogens is 476 g/mol. The van der Waals surface area contributed by atoms with Crippen LogP contribution < -0.4 is 4.90 Å². The van der Waals surface area contributed by atoms with Crippen LogP contribution in [0, 0.1) is 17.7 Å². The molecule has 0 aromatic heterocycles. The second-order valence-corrected chi connectivity index (χ2v) is 11.5. The molecule has 1 aliphatic carbocycles. The Morgan fingerprint density at radius 1 is 0.973 bits per heavy atom. The molecule has 0 saturated carbocycles. The molecule has 1 unspecified atom stereocenters. The maximum absolute atomic E-state index is 13.9. The van der Waals surface area contributed by atoms with Crippen LogP contribution in [0.25, 0.3) is 5.76 Å². The fraction of sp³-hybridized carbons (Fsp3) is 0.250. The number of amidine groups is 1. The topological polar surface area (TPSA) is 64.4 Å². The van der Waals surface area contributed by atoms with E-state index in [4.69, 9.17) is 0 Å². The number of benzene rings is 3. The van der Waals surface area contributed by atoms with E-state index in [1.165, 1.54) is 0 Å². The van der Waals surface area contributed by atoms with Crippen molar-refractivity contribution in [3.05, 3.63) is 112 Å². The third-order valence-electron chi connectivity index (χ3n) is 7.27. The molecule has 3 aromatic rings. The molecule has 0 fully saturated rings. The van der Waals surface area contributed by atoms with Gasteiger partial charge in [0.15, 0.2) is 5.78 Å². The number of hydrogen-bond acceptors (Lipinski definition) is 4. The molecule has 1 atom stereocenters. The average molecular weight is 509 g/mol. The van der Waals surface area contributed by atoms with E-state index in [2.05, 4.69) is 13.8 Å². The van der Waals surface area contributed by atoms with E-state index in [1.807, 2.05) is 96.9 Å². The number of carbonyl (C=O) groups is 1. The van der Waals surface area contributed by atoms with Crippen LogP contribution in [0.4, 0.5) is 5.69 Å². The number of Topliss-reactive ketones (excluding diaryl/α,β-unsaturated/α-hetero) is 1. The predicted molar refractivity (Wildman–Crippen MR) is 153 cm³/mol. The van der Waals surface area contributed by atoms with Gasteiger partial charge in [0, 0.05) is 45.3 Å². The largest absolute Gasteiger partial charge is 0.507 e. The van der Waals surface area contributed by atoms with Crippen molar-refractivity contribution in [1.29, 1.82) is 5.41 Å². The van der Waals surface area contributed by atoms with Crippen LogP contribution in [0.15, 0.2) is 101 Å². The quantitative estimate of drug-likeness (QED) is 0.278. The van der Waals surface area contributed by atoms with Gasteiger partial charge >= 0.3 is 0 Å². The Bertz CT molecular complexity index is 1420. The predicted octanol–water partition coefficient (Wildman–Crippen LogP) is 7.91. The zero-order chi connectivity index (χ0) is 26.3. The summed E-state index contributed by atoms with van der Waals surface area (Å²) >= 11 is 1.66. The Hall–Kier alpha value is -3.57. The van der Waals surface area contributed by atoms with Gasteiger partial charge in [-0.25, -0.2) is 0 Å². The van der Waals surface area contributed by atoms with Crippen molar-refractivity contribution in [3.8, 4) is 0 Å². The highest BCUT2D eigenvalue weighted by Crippen LogP contribution is 2.51. The van der Waals surface area contributed by atoms with Crippen molar-refractivity contribution >= 4 is 34.8 Å². The van der Waals surface area contributed by atoms with Gasteiger partial charge in [0.05, 0.1) is 0 Å². The number of ketones is 1. The Labute approximate surface area is 223 Å². The summed E-state index contributed by atoms with van der Waals surface area (Å²) in [4.78, 5) is 16.9. The molecule has 0 radical (unpaired) electrons. The summed E-state index contributed by atoms with van der Waals surface area (Å²) in [5.74, 6) is -0.211. The SMILES string of the molecule is CSc1ccc(C2C3=C(CC(C)(C)CC3=O)N(c3ccccc3)C(=N)/C2=C(/O)c2ccc(C)cc2)cc1. The Morgan fingerprint density at radius 2 is 1.62 bits per heavy atom. The molecule has 0 bridgehead atoms. The van der Waals surface area contributed by atoms with Crippen molar-refractivity contribution in [2.24, 2.45) is 5.41 Å². The number of nitrogens with zero attached hydrogens (tertiary/aromatic N) is 1. The standard InChI is InChI=1S/C32H32N2O2S/c1-20-10-12-22(13-11-20)30(36)29-27(21-14-16-24(37-4)17-15-21)28-25(18-32(2,3)19-26(28)35)34(31(29)33)23-8-6-5-7-9-23/h5-17,27,33,36H,18-19H2,1-4H3/b30-29+,33-31?. The van der Waals surface area contributed by atoms with Gasteiger partial charge in [0.25, 0.3) is 0 Å². The van der Waals surface area contributed by atoms with Gasteiger partial charge in [0.2, 0.25) is 0 Å². The number of aliphatic hydroxyl groups excluding tert-OH is 1. The zero-order valence-corrected chi connectivity index (χ0v) is 22.5. The van der Waals surface area contributed by atoms with Crippen LogP contribution in [0.5, 0.6) is 0 Å². The highest BCUT2D eigenvalue weighted by atomic mass is 32.2. The summed E-state index contributed by atoms with van der Waals surface area (Å²) in [6.45, 7) is 6.22. The van der Waals surface area contributed by atoms with E-state index >= 15 is 0 Å². The van der Waals surface area contributed by atoms with E-state index in [1.54, 1.807) is 11.8 Å². The number of allylic oxidation sites excluding steroid dienone is 2. The normalized spacial score (nSPS) is 20.6. The minimum Gasteiger partial charge on any atom is -0.507 e. The van der Waals surface area contributed by atoms with Gasteiger partial charge in [-0.15, -0.1) is 11.8 Å². The molecule has 5 heteroatoms. The highest BCUT2D eigenvalue weighted by molar-refractivity contribution is 7.98. The maximum atomic E-state index is 13.9. The minimum atomic E-state index is -0.525. The molecule has 4 nitrogen and oxygen atoms in total. The maximum Gasteiger partial charge on any atom is 0.162 e. The Balaban J connectivity index is 1.83. The number of rotatable bonds is 4. The molecule has 0 saturated heterocycles. The van der Waals surface area contributed by atoms with E-state index in [9.17, 15) is 15.3 Å². The third kappa shape index (κ3) is 4.64. The van der Waals surface area contributed by atoms with Gasteiger partial charge in [-0.2, -0.15) is 0 Å². The van der Waals surface area contributed by atoms with Gasteiger partial charge in [0.1, 0.15) is 11.6 Å².